The van der Waals surface area contributed by atoms with Crippen molar-refractivity contribution in [2.75, 3.05) is 51.0 Å². The standard InChI is InChI=1S/C29H36N4O6/c1-38-28(36)24-5-3-15-32(24)18-26(34)30-22-11-7-20(8-12-22)17-21-9-13-23(14-10-21)31-27(35)19-33-16-4-6-25(33)29(37)39-2/h7-14,24-25H,3-6,15-19H2,1-2H3,(H,30,34)(H,31,35)/t24-,25-/m0/s1. The Morgan fingerprint density at radius 2 is 1.08 bits per heavy atom. The molecular formula is C29H36N4O6. The first-order chi connectivity index (χ1) is 18.9. The summed E-state index contributed by atoms with van der Waals surface area (Å²) in [4.78, 5) is 52.5. The lowest BCUT2D eigenvalue weighted by atomic mass is 10.0. The Balaban J connectivity index is 1.23. The zero-order valence-corrected chi connectivity index (χ0v) is 22.5. The molecule has 0 spiro atoms. The summed E-state index contributed by atoms with van der Waals surface area (Å²) >= 11 is 0. The number of hydrogen-bond donors (Lipinski definition) is 2. The maximum atomic E-state index is 12.5. The molecule has 208 valence electrons. The first kappa shape index (κ1) is 28.3. The molecule has 2 N–H and O–H groups in total. The van der Waals surface area contributed by atoms with E-state index in [4.69, 9.17) is 9.47 Å². The third-order valence-corrected chi connectivity index (χ3v) is 7.25. The van der Waals surface area contributed by atoms with E-state index in [0.29, 0.717) is 43.7 Å². The van der Waals surface area contributed by atoms with Gasteiger partial charge in [0.25, 0.3) is 0 Å². The molecule has 4 rings (SSSR count). The molecule has 2 aliphatic rings. The number of ether oxygens (including phenoxy) is 2. The SMILES string of the molecule is COC(=O)[C@@H]1CCCN1CC(=O)Nc1ccc(Cc2ccc(NC(=O)CN3CCC[C@H]3C(=O)OC)cc2)cc1. The summed E-state index contributed by atoms with van der Waals surface area (Å²) in [6.45, 7) is 1.69. The molecule has 0 bridgehead atoms. The van der Waals surface area contributed by atoms with Crippen LogP contribution >= 0.6 is 0 Å². The van der Waals surface area contributed by atoms with Crippen LogP contribution in [0.2, 0.25) is 0 Å². The third-order valence-electron chi connectivity index (χ3n) is 7.25. The molecule has 2 amide bonds. The van der Waals surface area contributed by atoms with E-state index in [2.05, 4.69) is 10.6 Å². The number of methoxy groups -OCH3 is 2. The Kier molecular flexibility index (Phi) is 9.67. The van der Waals surface area contributed by atoms with Crippen molar-refractivity contribution >= 4 is 35.1 Å². The molecule has 2 aromatic rings. The number of nitrogens with zero attached hydrogens (tertiary/aromatic N) is 2. The Labute approximate surface area is 228 Å². The molecule has 0 radical (unpaired) electrons. The first-order valence-corrected chi connectivity index (χ1v) is 13.3. The molecule has 2 fully saturated rings. The number of carbonyl (C=O) groups is 4. The fourth-order valence-corrected chi connectivity index (χ4v) is 5.25. The summed E-state index contributed by atoms with van der Waals surface area (Å²) in [6.07, 6.45) is 3.85. The monoisotopic (exact) mass is 536 g/mol. The highest BCUT2D eigenvalue weighted by molar-refractivity contribution is 5.93. The van der Waals surface area contributed by atoms with Crippen LogP contribution in [-0.4, -0.2) is 86.0 Å². The summed E-state index contributed by atoms with van der Waals surface area (Å²) in [6, 6.07) is 14.6. The van der Waals surface area contributed by atoms with Crippen molar-refractivity contribution in [3.63, 3.8) is 0 Å². The van der Waals surface area contributed by atoms with E-state index < -0.39 is 0 Å². The Morgan fingerprint density at radius 1 is 0.692 bits per heavy atom. The third kappa shape index (κ3) is 7.64. The van der Waals surface area contributed by atoms with Gasteiger partial charge in [0.05, 0.1) is 27.3 Å². The number of esters is 2. The lowest BCUT2D eigenvalue weighted by Crippen LogP contribution is -2.41. The van der Waals surface area contributed by atoms with Crippen molar-refractivity contribution in [1.82, 2.24) is 9.80 Å². The van der Waals surface area contributed by atoms with Crippen molar-refractivity contribution < 1.29 is 28.7 Å². The van der Waals surface area contributed by atoms with Crippen LogP contribution in [0.25, 0.3) is 0 Å². The zero-order chi connectivity index (χ0) is 27.8. The van der Waals surface area contributed by atoms with Crippen molar-refractivity contribution in [2.45, 2.75) is 44.2 Å². The van der Waals surface area contributed by atoms with Gasteiger partial charge in [0.1, 0.15) is 12.1 Å². The minimum atomic E-state index is -0.355. The fraction of sp³-hybridized carbons (Fsp3) is 0.448. The molecule has 0 unspecified atom stereocenters. The van der Waals surface area contributed by atoms with Gasteiger partial charge in [0, 0.05) is 11.4 Å². The van der Waals surface area contributed by atoms with Crippen LogP contribution in [0, 0.1) is 0 Å². The van der Waals surface area contributed by atoms with Gasteiger partial charge in [-0.3, -0.25) is 29.0 Å². The van der Waals surface area contributed by atoms with Crippen LogP contribution in [0.3, 0.4) is 0 Å². The van der Waals surface area contributed by atoms with Crippen LogP contribution in [0.1, 0.15) is 36.8 Å². The van der Waals surface area contributed by atoms with Gasteiger partial charge in [0.15, 0.2) is 0 Å². The fourth-order valence-electron chi connectivity index (χ4n) is 5.25. The summed E-state index contributed by atoms with van der Waals surface area (Å²) in [5.74, 6) is -0.921. The zero-order valence-electron chi connectivity index (χ0n) is 22.5. The van der Waals surface area contributed by atoms with Gasteiger partial charge < -0.3 is 20.1 Å². The number of carbonyl (C=O) groups excluding carboxylic acids is 4. The number of amides is 2. The number of nitrogens with one attached hydrogen (secondary N) is 2. The minimum Gasteiger partial charge on any atom is -0.468 e. The van der Waals surface area contributed by atoms with Crippen molar-refractivity contribution in [3.05, 3.63) is 59.7 Å². The van der Waals surface area contributed by atoms with Gasteiger partial charge in [-0.15, -0.1) is 0 Å². The quantitative estimate of drug-likeness (QED) is 0.445. The Bertz CT molecular complexity index is 1080. The van der Waals surface area contributed by atoms with Gasteiger partial charge in [-0.2, -0.15) is 0 Å². The van der Waals surface area contributed by atoms with E-state index in [1.807, 2.05) is 58.3 Å². The van der Waals surface area contributed by atoms with E-state index in [-0.39, 0.29) is 48.9 Å². The summed E-state index contributed by atoms with van der Waals surface area (Å²) < 4.78 is 9.68. The van der Waals surface area contributed by atoms with E-state index in [1.54, 1.807) is 0 Å². The molecule has 0 aliphatic carbocycles. The van der Waals surface area contributed by atoms with Crippen molar-refractivity contribution in [3.8, 4) is 0 Å². The Hall–Kier alpha value is -3.76. The van der Waals surface area contributed by atoms with Crippen molar-refractivity contribution in [1.29, 1.82) is 0 Å². The smallest absolute Gasteiger partial charge is 0.323 e. The predicted octanol–water partition coefficient (Wildman–Crippen LogP) is 2.43. The molecule has 0 aromatic heterocycles. The first-order valence-electron chi connectivity index (χ1n) is 13.3. The molecule has 2 saturated heterocycles. The number of rotatable bonds is 10. The average Bonchev–Trinajstić information content (AvgIpc) is 3.59. The largest absolute Gasteiger partial charge is 0.468 e. The molecular weight excluding hydrogens is 500 g/mol. The highest BCUT2D eigenvalue weighted by atomic mass is 16.5. The average molecular weight is 537 g/mol. The molecule has 10 heteroatoms. The highest BCUT2D eigenvalue weighted by Gasteiger charge is 2.33. The van der Waals surface area contributed by atoms with Crippen LogP contribution in [0.15, 0.2) is 48.5 Å². The molecule has 2 atom stereocenters. The molecule has 10 nitrogen and oxygen atoms in total. The number of benzene rings is 2. The molecule has 2 heterocycles. The van der Waals surface area contributed by atoms with Crippen LogP contribution in [0.5, 0.6) is 0 Å². The van der Waals surface area contributed by atoms with E-state index in [9.17, 15) is 19.2 Å². The number of hydrogen-bond acceptors (Lipinski definition) is 8. The maximum absolute atomic E-state index is 12.5. The van der Waals surface area contributed by atoms with E-state index >= 15 is 0 Å². The summed E-state index contributed by atoms with van der Waals surface area (Å²) in [5, 5.41) is 5.80. The predicted molar refractivity (Wildman–Crippen MR) is 146 cm³/mol. The second kappa shape index (κ2) is 13.3. The van der Waals surface area contributed by atoms with E-state index in [0.717, 1.165) is 24.0 Å². The van der Waals surface area contributed by atoms with Gasteiger partial charge in [-0.25, -0.2) is 0 Å². The van der Waals surface area contributed by atoms with Gasteiger partial charge in [0.2, 0.25) is 11.8 Å². The lowest BCUT2D eigenvalue weighted by Gasteiger charge is -2.21. The Morgan fingerprint density at radius 3 is 1.44 bits per heavy atom. The summed E-state index contributed by atoms with van der Waals surface area (Å²) in [5.41, 5.74) is 3.56. The van der Waals surface area contributed by atoms with E-state index in [1.165, 1.54) is 14.2 Å². The normalized spacial score (nSPS) is 19.4. The molecule has 2 aromatic carbocycles. The number of likely N-dealkylation sites (tertiary alicyclic amines) is 2. The van der Waals surface area contributed by atoms with Crippen LogP contribution in [0.4, 0.5) is 11.4 Å². The van der Waals surface area contributed by atoms with Gasteiger partial charge in [-0.05, 0) is 80.6 Å². The lowest BCUT2D eigenvalue weighted by molar-refractivity contribution is -0.147. The second-order valence-corrected chi connectivity index (χ2v) is 9.97. The topological polar surface area (TPSA) is 117 Å². The van der Waals surface area contributed by atoms with Crippen LogP contribution in [-0.2, 0) is 35.1 Å². The minimum absolute atomic E-state index is 0.147. The van der Waals surface area contributed by atoms with Gasteiger partial charge >= 0.3 is 11.9 Å². The number of anilines is 2. The summed E-state index contributed by atoms with van der Waals surface area (Å²) in [7, 11) is 2.74. The van der Waals surface area contributed by atoms with Crippen molar-refractivity contribution in [2.24, 2.45) is 0 Å². The molecule has 0 saturated carbocycles. The van der Waals surface area contributed by atoms with Gasteiger partial charge in [-0.1, -0.05) is 24.3 Å². The molecule has 2 aliphatic heterocycles. The van der Waals surface area contributed by atoms with Crippen LogP contribution < -0.4 is 10.6 Å². The maximum Gasteiger partial charge on any atom is 0.323 e. The molecule has 39 heavy (non-hydrogen) atoms. The highest BCUT2D eigenvalue weighted by Crippen LogP contribution is 2.20. The second-order valence-electron chi connectivity index (χ2n) is 9.97.